The van der Waals surface area contributed by atoms with Crippen LogP contribution in [0, 0.1) is 29.1 Å². The van der Waals surface area contributed by atoms with E-state index in [2.05, 4.69) is 36.9 Å². The number of hydrogen-bond acceptors (Lipinski definition) is 17. The number of nitriles is 1. The second-order valence-electron chi connectivity index (χ2n) is 20.1. The molecule has 78 heavy (non-hydrogen) atoms. The predicted octanol–water partition coefficient (Wildman–Crippen LogP) is -1.05. The van der Waals surface area contributed by atoms with Gasteiger partial charge in [-0.1, -0.05) is 0 Å². The van der Waals surface area contributed by atoms with Crippen LogP contribution < -0.4 is 20.7 Å². The molecular formula is C52H68FN13O12. The second kappa shape index (κ2) is 28.3. The number of carbonyl (C=O) groups excluding carboxylic acids is 5. The first-order valence-corrected chi connectivity index (χ1v) is 26.3. The van der Waals surface area contributed by atoms with Gasteiger partial charge in [0.2, 0.25) is 23.7 Å². The number of nitrogens with zero attached hydrogens (tertiary/aromatic N) is 10. The molecule has 25 nitrogen and oxygen atoms in total. The molecule has 5 amide bonds. The van der Waals surface area contributed by atoms with Gasteiger partial charge in [0.25, 0.3) is 11.8 Å². The number of carboxylic acids is 3. The average molecular weight is 1090 g/mol. The van der Waals surface area contributed by atoms with Gasteiger partial charge in [0, 0.05) is 116 Å². The quantitative estimate of drug-likeness (QED) is 0.0517. The van der Waals surface area contributed by atoms with Crippen molar-refractivity contribution in [1.82, 2.24) is 60.2 Å². The molecule has 0 radical (unpaired) electrons. The first-order chi connectivity index (χ1) is 37.5. The fraction of sp³-hybridized carbons (Fsp3) is 0.558. The van der Waals surface area contributed by atoms with E-state index >= 15 is 0 Å². The van der Waals surface area contributed by atoms with Crippen LogP contribution in [0.25, 0.3) is 10.9 Å². The third-order valence-electron chi connectivity index (χ3n) is 14.6. The Morgan fingerprint density at radius 1 is 0.731 bits per heavy atom. The summed E-state index contributed by atoms with van der Waals surface area (Å²) in [7, 11) is 0. The number of hydrogen-bond donors (Lipinski definition) is 6. The van der Waals surface area contributed by atoms with E-state index in [1.807, 2.05) is 0 Å². The zero-order valence-corrected chi connectivity index (χ0v) is 43.5. The number of halogens is 1. The molecule has 0 aliphatic carbocycles. The molecule has 7 rings (SSSR count). The number of carboxylic acid groups (broad SMARTS) is 3. The zero-order chi connectivity index (χ0) is 55.7. The number of likely N-dealkylation sites (tertiary alicyclic amines) is 3. The van der Waals surface area contributed by atoms with Crippen LogP contribution in [0.2, 0.25) is 0 Å². The lowest BCUT2D eigenvalue weighted by Crippen LogP contribution is -2.53. The molecule has 3 unspecified atom stereocenters. The van der Waals surface area contributed by atoms with Crippen molar-refractivity contribution in [2.24, 2.45) is 11.8 Å². The molecule has 0 bridgehead atoms. The maximum atomic E-state index is 14.4. The van der Waals surface area contributed by atoms with Crippen molar-refractivity contribution in [1.29, 1.82) is 5.26 Å². The van der Waals surface area contributed by atoms with E-state index in [1.54, 1.807) is 48.8 Å². The molecular weight excluding hydrogens is 1020 g/mol. The van der Waals surface area contributed by atoms with Gasteiger partial charge >= 0.3 is 17.9 Å². The van der Waals surface area contributed by atoms with Crippen LogP contribution >= 0.6 is 0 Å². The molecule has 0 spiro atoms. The van der Waals surface area contributed by atoms with Crippen molar-refractivity contribution in [3.63, 3.8) is 0 Å². The highest BCUT2D eigenvalue weighted by atomic mass is 19.1. The number of aliphatic carboxylic acids is 3. The number of benzene rings is 1. The Labute approximate surface area is 450 Å². The van der Waals surface area contributed by atoms with Crippen LogP contribution in [0.15, 0.2) is 48.8 Å². The van der Waals surface area contributed by atoms with Gasteiger partial charge in [-0.05, 0) is 73.9 Å². The highest BCUT2D eigenvalue weighted by Crippen LogP contribution is 2.32. The van der Waals surface area contributed by atoms with Crippen molar-refractivity contribution >= 4 is 58.3 Å². The number of carbonyl (C=O) groups is 8. The van der Waals surface area contributed by atoms with Gasteiger partial charge in [0.05, 0.1) is 62.0 Å². The first-order valence-electron chi connectivity index (χ1n) is 26.3. The molecule has 4 saturated heterocycles. The number of ether oxygens (including phenoxy) is 1. The van der Waals surface area contributed by atoms with E-state index in [0.29, 0.717) is 61.3 Å². The fourth-order valence-corrected chi connectivity index (χ4v) is 10.5. The van der Waals surface area contributed by atoms with Crippen molar-refractivity contribution in [2.45, 2.75) is 37.8 Å². The van der Waals surface area contributed by atoms with E-state index in [4.69, 9.17) is 4.74 Å². The predicted molar refractivity (Wildman–Crippen MR) is 276 cm³/mol. The monoisotopic (exact) mass is 1090 g/mol. The lowest BCUT2D eigenvalue weighted by molar-refractivity contribution is -0.140. The first kappa shape index (κ1) is 58.2. The highest BCUT2D eigenvalue weighted by Gasteiger charge is 2.43. The molecule has 6 heterocycles. The van der Waals surface area contributed by atoms with Gasteiger partial charge in [0.1, 0.15) is 17.8 Å². The molecule has 4 aliphatic heterocycles. The SMILES string of the molecule is N#C[C@@H]1CCCN1C(=O)CNC(=O)c1ccnc2ccc(OCCCN3CC4CN(C(=O)C(CCNC(=O)c5ccc(F)nc5)NC(=O)CN5CCN(CC(=O)O)CCN(CC(=O)O)CCN(CC(=O)O)CC5)CC4C3)cc12. The molecule has 2 aromatic heterocycles. The van der Waals surface area contributed by atoms with Crippen LogP contribution in [-0.4, -0.2) is 257 Å². The summed E-state index contributed by atoms with van der Waals surface area (Å²) in [6.45, 7) is 4.07. The number of nitrogens with one attached hydrogen (secondary N) is 3. The van der Waals surface area contributed by atoms with Crippen LogP contribution in [0.1, 0.15) is 46.4 Å². The molecule has 6 N–H and O–H groups in total. The third kappa shape index (κ3) is 17.0. The number of fused-ring (bicyclic) bond motifs is 2. The smallest absolute Gasteiger partial charge is 0.317 e. The summed E-state index contributed by atoms with van der Waals surface area (Å²) in [4.78, 5) is 123. The average Bonchev–Trinajstić information content (AvgIpc) is 4.17. The Morgan fingerprint density at radius 2 is 1.35 bits per heavy atom. The van der Waals surface area contributed by atoms with Crippen LogP contribution in [-0.2, 0) is 28.8 Å². The number of pyridine rings is 2. The van der Waals surface area contributed by atoms with E-state index in [0.717, 1.165) is 38.3 Å². The molecule has 420 valence electrons. The zero-order valence-electron chi connectivity index (χ0n) is 43.5. The summed E-state index contributed by atoms with van der Waals surface area (Å²) >= 11 is 0. The Hall–Kier alpha value is -7.44. The fourth-order valence-electron chi connectivity index (χ4n) is 10.5. The molecule has 0 saturated carbocycles. The summed E-state index contributed by atoms with van der Waals surface area (Å²) in [5.74, 6) is -5.29. The van der Waals surface area contributed by atoms with Gasteiger partial charge in [-0.2, -0.15) is 9.65 Å². The minimum Gasteiger partial charge on any atom is -0.494 e. The van der Waals surface area contributed by atoms with Gasteiger partial charge in [-0.15, -0.1) is 0 Å². The number of amides is 5. The minimum absolute atomic E-state index is 0.0151. The maximum Gasteiger partial charge on any atom is 0.317 e. The Balaban J connectivity index is 0.929. The van der Waals surface area contributed by atoms with Gasteiger partial charge in [-0.3, -0.25) is 62.9 Å². The largest absolute Gasteiger partial charge is 0.494 e. The summed E-state index contributed by atoms with van der Waals surface area (Å²) in [5, 5.41) is 47.0. The van der Waals surface area contributed by atoms with Gasteiger partial charge in [-0.25, -0.2) is 4.98 Å². The number of rotatable bonds is 22. The van der Waals surface area contributed by atoms with E-state index in [1.165, 1.54) is 17.2 Å². The molecule has 1 aromatic carbocycles. The lowest BCUT2D eigenvalue weighted by atomic mass is 10.0. The number of aromatic nitrogens is 2. The molecule has 4 aliphatic rings. The molecule has 4 atom stereocenters. The van der Waals surface area contributed by atoms with E-state index in [-0.39, 0.29) is 127 Å². The summed E-state index contributed by atoms with van der Waals surface area (Å²) in [5.41, 5.74) is 1.02. The van der Waals surface area contributed by atoms with Crippen molar-refractivity contribution in [3.05, 3.63) is 65.9 Å². The van der Waals surface area contributed by atoms with Crippen LogP contribution in [0.5, 0.6) is 5.75 Å². The van der Waals surface area contributed by atoms with E-state index in [9.17, 15) is 63.3 Å². The van der Waals surface area contributed by atoms with Crippen molar-refractivity contribution in [2.75, 3.05) is 138 Å². The third-order valence-corrected chi connectivity index (χ3v) is 14.6. The van der Waals surface area contributed by atoms with Gasteiger partial charge < -0.3 is 50.7 Å². The molecule has 4 fully saturated rings. The Kier molecular flexibility index (Phi) is 21.1. The topological polar surface area (TPSA) is 315 Å². The van der Waals surface area contributed by atoms with Crippen molar-refractivity contribution < 1.29 is 62.8 Å². The Morgan fingerprint density at radius 3 is 1.92 bits per heavy atom. The standard InChI is InChI=1S/C52H68FN13O12/c53-44-7-4-35(25-57-44)50(75)56-11-9-43(59-45(67)31-60-14-16-61(32-47(69)70)18-20-63(34-49(73)74)21-19-62(17-15-60)33-48(71)72)52(77)65-29-36-27-64(28-37(36)30-65)12-2-22-78-39-5-6-42-41(23-39)40(8-10-55-42)51(76)58-26-46(68)66-13-1-3-38(66)24-54/h4-8,10,23,25,36-38,43H,1-3,9,11-22,26-34H2,(H,56,75)(H,58,76)(H,59,67)(H,69,70)(H,71,72)(H,73,74)/t36?,37?,38-,43?/m0/s1. The normalized spacial score (nSPS) is 20.4. The summed E-state index contributed by atoms with van der Waals surface area (Å²) < 4.78 is 19.6. The highest BCUT2D eigenvalue weighted by molar-refractivity contribution is 6.07. The summed E-state index contributed by atoms with van der Waals surface area (Å²) in [6.07, 6.45) is 4.67. The van der Waals surface area contributed by atoms with Gasteiger partial charge in [0.15, 0.2) is 0 Å². The maximum absolute atomic E-state index is 14.4. The van der Waals surface area contributed by atoms with Crippen LogP contribution in [0.3, 0.4) is 0 Å². The molecule has 3 aromatic rings. The van der Waals surface area contributed by atoms with Crippen LogP contribution in [0.4, 0.5) is 4.39 Å². The second-order valence-corrected chi connectivity index (χ2v) is 20.1. The van der Waals surface area contributed by atoms with E-state index < -0.39 is 53.7 Å². The lowest BCUT2D eigenvalue weighted by Gasteiger charge is -2.33. The summed E-state index contributed by atoms with van der Waals surface area (Å²) in [6, 6.07) is 9.80. The minimum atomic E-state index is -1.09. The van der Waals surface area contributed by atoms with Crippen molar-refractivity contribution in [3.8, 4) is 11.8 Å². The Bertz CT molecular complexity index is 2630. The molecule has 26 heteroatoms.